The first-order valence-corrected chi connectivity index (χ1v) is 6.30. The Kier molecular flexibility index (Phi) is 9.04. The fourth-order valence-corrected chi connectivity index (χ4v) is 1.37. The number of carbonyl (C=O) groups is 2. The van der Waals surface area contributed by atoms with Crippen LogP contribution >= 0.6 is 0 Å². The topological polar surface area (TPSA) is 211 Å². The molecule has 0 fully saturated rings. The molecule has 130 valence electrons. The number of aliphatic carboxylic acids is 1. The van der Waals surface area contributed by atoms with Gasteiger partial charge in [-0.05, 0) is 6.42 Å². The lowest BCUT2D eigenvalue weighted by molar-refractivity contribution is -0.213. The summed E-state index contributed by atoms with van der Waals surface area (Å²) in [6.07, 6.45) is -11.0. The van der Waals surface area contributed by atoms with Crippen molar-refractivity contribution in [3.63, 3.8) is 0 Å². The molecule has 0 aliphatic heterocycles. The van der Waals surface area contributed by atoms with Gasteiger partial charge in [-0.2, -0.15) is 0 Å². The number of carboxylic acid groups (broad SMARTS) is 1. The summed E-state index contributed by atoms with van der Waals surface area (Å²) < 4.78 is 4.33. The molecule has 6 atom stereocenters. The van der Waals surface area contributed by atoms with Gasteiger partial charge in [0.05, 0.1) is 6.61 Å². The van der Waals surface area contributed by atoms with Crippen molar-refractivity contribution >= 4 is 11.9 Å². The highest BCUT2D eigenvalue weighted by molar-refractivity contribution is 5.75. The maximum absolute atomic E-state index is 11.3. The minimum absolute atomic E-state index is 0.272. The summed E-state index contributed by atoms with van der Waals surface area (Å²) in [7, 11) is 0. The zero-order chi connectivity index (χ0) is 17.4. The summed E-state index contributed by atoms with van der Waals surface area (Å²) in [6.45, 7) is -0.909. The van der Waals surface area contributed by atoms with Crippen LogP contribution in [0.1, 0.15) is 12.8 Å². The predicted octanol–water partition coefficient (Wildman–Crippen LogP) is -4.52. The highest BCUT2D eigenvalue weighted by Crippen LogP contribution is 2.10. The van der Waals surface area contributed by atoms with E-state index < -0.39 is 61.7 Å². The average molecular weight is 327 g/mol. The highest BCUT2D eigenvalue weighted by Gasteiger charge is 2.35. The van der Waals surface area contributed by atoms with Crippen LogP contribution in [0, 0.1) is 0 Å². The Morgan fingerprint density at radius 3 is 2.00 bits per heavy atom. The molecule has 0 aromatic carbocycles. The number of aliphatic hydroxyl groups excluding tert-OH is 6. The molecule has 0 rings (SSSR count). The lowest BCUT2D eigenvalue weighted by atomic mass is 10.0. The third-order valence-electron chi connectivity index (χ3n) is 2.80. The van der Waals surface area contributed by atoms with Crippen LogP contribution in [-0.4, -0.2) is 91.0 Å². The van der Waals surface area contributed by atoms with Crippen molar-refractivity contribution in [3.05, 3.63) is 0 Å². The second-order valence-electron chi connectivity index (χ2n) is 4.59. The molecule has 0 aromatic rings. The molecule has 0 saturated heterocycles. The summed E-state index contributed by atoms with van der Waals surface area (Å²) in [4.78, 5) is 21.7. The van der Waals surface area contributed by atoms with Crippen molar-refractivity contribution in [3.8, 4) is 0 Å². The van der Waals surface area contributed by atoms with Crippen LogP contribution in [0.15, 0.2) is 0 Å². The first-order valence-electron chi connectivity index (χ1n) is 6.30. The zero-order valence-electron chi connectivity index (χ0n) is 11.5. The molecular formula is C11H21NO10. The SMILES string of the molecule is N[C@@H](CCC(=O)OC(O)[C@@H](O)[C@@H](O)[C@H](O)[C@H](O)CO)C(=O)O. The van der Waals surface area contributed by atoms with Gasteiger partial charge in [0.15, 0.2) is 0 Å². The number of carboxylic acids is 1. The van der Waals surface area contributed by atoms with Crippen LogP contribution in [0.2, 0.25) is 0 Å². The van der Waals surface area contributed by atoms with E-state index in [-0.39, 0.29) is 6.42 Å². The summed E-state index contributed by atoms with van der Waals surface area (Å²) in [6, 6.07) is -1.30. The van der Waals surface area contributed by atoms with Gasteiger partial charge in [-0.25, -0.2) is 0 Å². The number of nitrogens with two attached hydrogens (primary N) is 1. The molecule has 1 unspecified atom stereocenters. The maximum Gasteiger partial charge on any atom is 0.320 e. The minimum Gasteiger partial charge on any atom is -0.480 e. The molecule has 0 heterocycles. The monoisotopic (exact) mass is 327 g/mol. The Hall–Kier alpha value is -1.34. The first kappa shape index (κ1) is 20.7. The summed E-state index contributed by atoms with van der Waals surface area (Å²) >= 11 is 0. The molecule has 9 N–H and O–H groups in total. The summed E-state index contributed by atoms with van der Waals surface area (Å²) in [5.74, 6) is -2.42. The number of hydrogen-bond donors (Lipinski definition) is 8. The largest absolute Gasteiger partial charge is 0.480 e. The normalized spacial score (nSPS) is 19.6. The van der Waals surface area contributed by atoms with Gasteiger partial charge in [0.2, 0.25) is 6.29 Å². The standard InChI is InChI=1S/C11H21NO10/c12-4(10(19)20)1-2-6(15)22-11(21)9(18)8(17)7(16)5(14)3-13/h4-5,7-9,11,13-14,16-18,21H,1-3,12H2,(H,19,20)/t4-,5+,7+,8-,9-,11?/m0/s1. The third kappa shape index (κ3) is 6.62. The van der Waals surface area contributed by atoms with E-state index in [1.165, 1.54) is 0 Å². The lowest BCUT2D eigenvalue weighted by Crippen LogP contribution is -2.51. The van der Waals surface area contributed by atoms with Crippen molar-refractivity contribution < 1.29 is 50.1 Å². The molecule has 22 heavy (non-hydrogen) atoms. The molecule has 0 aliphatic carbocycles. The average Bonchev–Trinajstić information content (AvgIpc) is 2.48. The smallest absolute Gasteiger partial charge is 0.320 e. The quantitative estimate of drug-likeness (QED) is 0.141. The van der Waals surface area contributed by atoms with E-state index in [1.54, 1.807) is 0 Å². The first-order chi connectivity index (χ1) is 10.1. The van der Waals surface area contributed by atoms with Crippen LogP contribution in [-0.2, 0) is 14.3 Å². The van der Waals surface area contributed by atoms with E-state index >= 15 is 0 Å². The number of esters is 1. The van der Waals surface area contributed by atoms with E-state index in [9.17, 15) is 30.0 Å². The summed E-state index contributed by atoms with van der Waals surface area (Å²) in [5, 5.41) is 63.8. The van der Waals surface area contributed by atoms with Crippen molar-refractivity contribution in [2.45, 2.75) is 49.6 Å². The molecule has 0 radical (unpaired) electrons. The molecule has 0 bridgehead atoms. The van der Waals surface area contributed by atoms with Crippen molar-refractivity contribution in [1.82, 2.24) is 0 Å². The Morgan fingerprint density at radius 2 is 1.55 bits per heavy atom. The number of hydrogen-bond acceptors (Lipinski definition) is 10. The van der Waals surface area contributed by atoms with Crippen molar-refractivity contribution in [2.24, 2.45) is 5.73 Å². The second-order valence-corrected chi connectivity index (χ2v) is 4.59. The fourth-order valence-electron chi connectivity index (χ4n) is 1.37. The van der Waals surface area contributed by atoms with Crippen molar-refractivity contribution in [1.29, 1.82) is 0 Å². The van der Waals surface area contributed by atoms with Gasteiger partial charge in [0, 0.05) is 6.42 Å². The van der Waals surface area contributed by atoms with E-state index in [0.717, 1.165) is 0 Å². The Balaban J connectivity index is 4.37. The van der Waals surface area contributed by atoms with Gasteiger partial charge in [-0.1, -0.05) is 0 Å². The molecule has 11 nitrogen and oxygen atoms in total. The van der Waals surface area contributed by atoms with E-state index in [2.05, 4.69) is 4.74 Å². The molecular weight excluding hydrogens is 306 g/mol. The molecule has 11 heteroatoms. The van der Waals surface area contributed by atoms with Crippen LogP contribution < -0.4 is 5.73 Å². The van der Waals surface area contributed by atoms with E-state index in [0.29, 0.717) is 0 Å². The number of ether oxygens (including phenoxy) is 1. The number of aliphatic hydroxyl groups is 6. The van der Waals surface area contributed by atoms with Gasteiger partial charge in [-0.15, -0.1) is 0 Å². The second kappa shape index (κ2) is 9.63. The maximum atomic E-state index is 11.3. The molecule has 0 aliphatic rings. The van der Waals surface area contributed by atoms with Crippen LogP contribution in [0.25, 0.3) is 0 Å². The Labute approximate surface area is 125 Å². The third-order valence-corrected chi connectivity index (χ3v) is 2.80. The highest BCUT2D eigenvalue weighted by atomic mass is 16.6. The van der Waals surface area contributed by atoms with Gasteiger partial charge in [-0.3, -0.25) is 9.59 Å². The van der Waals surface area contributed by atoms with Crippen LogP contribution in [0.5, 0.6) is 0 Å². The fraction of sp³-hybridized carbons (Fsp3) is 0.818. The molecule has 0 saturated carbocycles. The Morgan fingerprint density at radius 1 is 1.00 bits per heavy atom. The number of carbonyl (C=O) groups excluding carboxylic acids is 1. The van der Waals surface area contributed by atoms with Crippen molar-refractivity contribution in [2.75, 3.05) is 6.61 Å². The predicted molar refractivity (Wildman–Crippen MR) is 68.1 cm³/mol. The van der Waals surface area contributed by atoms with E-state index in [4.69, 9.17) is 21.1 Å². The van der Waals surface area contributed by atoms with Gasteiger partial charge >= 0.3 is 11.9 Å². The molecule has 0 aromatic heterocycles. The zero-order valence-corrected chi connectivity index (χ0v) is 11.5. The minimum atomic E-state index is -2.23. The van der Waals surface area contributed by atoms with Gasteiger partial charge < -0.3 is 46.2 Å². The van der Waals surface area contributed by atoms with Crippen LogP contribution in [0.4, 0.5) is 0 Å². The Bertz CT molecular complexity index is 365. The summed E-state index contributed by atoms with van der Waals surface area (Å²) in [5.41, 5.74) is 5.15. The van der Waals surface area contributed by atoms with Crippen LogP contribution in [0.3, 0.4) is 0 Å². The van der Waals surface area contributed by atoms with Gasteiger partial charge in [0.25, 0.3) is 0 Å². The lowest BCUT2D eigenvalue weighted by Gasteiger charge is -2.28. The number of rotatable bonds is 10. The van der Waals surface area contributed by atoms with E-state index in [1.807, 2.05) is 0 Å². The molecule has 0 amide bonds. The molecule has 0 spiro atoms. The van der Waals surface area contributed by atoms with Gasteiger partial charge in [0.1, 0.15) is 30.5 Å².